The third-order valence-corrected chi connectivity index (χ3v) is 5.62. The highest BCUT2D eigenvalue weighted by atomic mass is 19.1. The maximum atomic E-state index is 15.3. The summed E-state index contributed by atoms with van der Waals surface area (Å²) in [6.45, 7) is 7.45. The van der Waals surface area contributed by atoms with E-state index in [4.69, 9.17) is 9.47 Å². The molecule has 186 valence electrons. The van der Waals surface area contributed by atoms with Crippen molar-refractivity contribution < 1.29 is 33.0 Å². The molecule has 2 aromatic heterocycles. The minimum absolute atomic E-state index is 0.0670. The molecule has 0 aliphatic carbocycles. The molecule has 0 unspecified atom stereocenters. The molecule has 3 aromatic rings. The number of rotatable bonds is 4. The number of esters is 1. The average molecular weight is 488 g/mol. The van der Waals surface area contributed by atoms with E-state index < -0.39 is 35.4 Å². The zero-order valence-corrected chi connectivity index (χ0v) is 20.0. The first-order chi connectivity index (χ1) is 16.4. The second-order valence-corrected chi connectivity index (χ2v) is 9.58. The summed E-state index contributed by atoms with van der Waals surface area (Å²) in [5, 5.41) is 9.35. The number of benzene rings is 1. The molecular weight excluding hydrogens is 460 g/mol. The molecule has 4 rings (SSSR count). The number of halogens is 2. The lowest BCUT2D eigenvalue weighted by Crippen LogP contribution is -2.45. The van der Waals surface area contributed by atoms with Gasteiger partial charge in [-0.15, -0.1) is 0 Å². The Hall–Kier alpha value is -3.53. The number of carboxylic acid groups (broad SMARTS) is 1. The summed E-state index contributed by atoms with van der Waals surface area (Å²) in [4.78, 5) is 29.5. The fraction of sp³-hybridized carbons (Fsp3) is 0.400. The molecule has 1 fully saturated rings. The number of pyridine rings is 1. The van der Waals surface area contributed by atoms with Crippen molar-refractivity contribution in [3.63, 3.8) is 0 Å². The third-order valence-electron chi connectivity index (χ3n) is 5.62. The molecule has 0 spiro atoms. The lowest BCUT2D eigenvalue weighted by molar-refractivity contribution is -0.0214. The number of morpholine rings is 1. The maximum Gasteiger partial charge on any atom is 0.407 e. The Labute approximate surface area is 201 Å². The minimum Gasteiger partial charge on any atom is -0.465 e. The van der Waals surface area contributed by atoms with E-state index in [9.17, 15) is 14.7 Å². The van der Waals surface area contributed by atoms with Crippen molar-refractivity contribution in [2.24, 2.45) is 0 Å². The van der Waals surface area contributed by atoms with Gasteiger partial charge in [0.1, 0.15) is 22.9 Å². The molecule has 35 heavy (non-hydrogen) atoms. The summed E-state index contributed by atoms with van der Waals surface area (Å²) in [5.74, 6) is -2.75. The van der Waals surface area contributed by atoms with E-state index in [1.807, 2.05) is 13.0 Å². The molecule has 8 nitrogen and oxygen atoms in total. The first kappa shape index (κ1) is 24.6. The average Bonchev–Trinajstić information content (AvgIpc) is 3.09. The van der Waals surface area contributed by atoms with Crippen molar-refractivity contribution in [3.8, 4) is 11.3 Å². The van der Waals surface area contributed by atoms with Crippen LogP contribution in [-0.2, 0) is 15.9 Å². The highest BCUT2D eigenvalue weighted by Gasteiger charge is 2.29. The van der Waals surface area contributed by atoms with Gasteiger partial charge in [-0.1, -0.05) is 0 Å². The van der Waals surface area contributed by atoms with E-state index >= 15 is 8.78 Å². The Kier molecular flexibility index (Phi) is 6.50. The van der Waals surface area contributed by atoms with Crippen molar-refractivity contribution in [1.29, 1.82) is 0 Å². The standard InChI is InChI=1S/C25H27F2N3O5/c1-14-5-6-30-19(12-16-13-29(24(32)33)7-8-34-16)22(28-20(30)9-14)21-17(26)10-15(11-18(21)27)23(31)35-25(2,3)4/h5-6,9-11,16H,7-8,12-13H2,1-4H3,(H,32,33)/t16-/m0/s1. The number of aromatic nitrogens is 2. The number of ether oxygens (including phenoxy) is 2. The molecule has 1 atom stereocenters. The summed E-state index contributed by atoms with van der Waals surface area (Å²) in [6, 6.07) is 5.50. The van der Waals surface area contributed by atoms with Crippen LogP contribution in [0.25, 0.3) is 16.9 Å². The van der Waals surface area contributed by atoms with Gasteiger partial charge >= 0.3 is 12.1 Å². The summed E-state index contributed by atoms with van der Waals surface area (Å²) < 4.78 is 43.3. The lowest BCUT2D eigenvalue weighted by atomic mass is 10.0. The lowest BCUT2D eigenvalue weighted by Gasteiger charge is -2.31. The Morgan fingerprint density at radius 2 is 1.91 bits per heavy atom. The van der Waals surface area contributed by atoms with Gasteiger partial charge in [0.15, 0.2) is 0 Å². The molecule has 0 saturated carbocycles. The van der Waals surface area contributed by atoms with Gasteiger partial charge in [0.2, 0.25) is 0 Å². The highest BCUT2D eigenvalue weighted by molar-refractivity contribution is 5.90. The third kappa shape index (κ3) is 5.27. The summed E-state index contributed by atoms with van der Waals surface area (Å²) >= 11 is 0. The van der Waals surface area contributed by atoms with E-state index in [-0.39, 0.29) is 42.9 Å². The van der Waals surface area contributed by atoms with Gasteiger partial charge in [0.25, 0.3) is 0 Å². The van der Waals surface area contributed by atoms with E-state index in [1.54, 1.807) is 37.4 Å². The minimum atomic E-state index is -1.05. The van der Waals surface area contributed by atoms with Gasteiger partial charge < -0.3 is 23.9 Å². The monoisotopic (exact) mass is 487 g/mol. The van der Waals surface area contributed by atoms with E-state index in [1.165, 1.54) is 4.90 Å². The number of fused-ring (bicyclic) bond motifs is 1. The van der Waals surface area contributed by atoms with Crippen molar-refractivity contribution in [2.75, 3.05) is 19.7 Å². The van der Waals surface area contributed by atoms with Crippen molar-refractivity contribution in [1.82, 2.24) is 14.3 Å². The Morgan fingerprint density at radius 1 is 1.23 bits per heavy atom. The van der Waals surface area contributed by atoms with Crippen LogP contribution in [-0.4, -0.2) is 62.9 Å². The fourth-order valence-electron chi connectivity index (χ4n) is 4.08. The van der Waals surface area contributed by atoms with Gasteiger partial charge in [-0.25, -0.2) is 23.4 Å². The SMILES string of the molecule is Cc1ccn2c(C[C@H]3CN(C(=O)O)CCO3)c(-c3c(F)cc(C(=O)OC(C)(C)C)cc3F)nc2c1. The molecule has 1 N–H and O–H groups in total. The number of aryl methyl sites for hydroxylation is 1. The molecular formula is C25H27F2N3O5. The number of carbonyl (C=O) groups excluding carboxylic acids is 1. The Balaban J connectivity index is 1.78. The maximum absolute atomic E-state index is 15.3. The van der Waals surface area contributed by atoms with Crippen LogP contribution in [0.5, 0.6) is 0 Å². The van der Waals surface area contributed by atoms with Crippen LogP contribution in [0, 0.1) is 18.6 Å². The first-order valence-electron chi connectivity index (χ1n) is 11.2. The van der Waals surface area contributed by atoms with Gasteiger partial charge in [-0.3, -0.25) is 0 Å². The van der Waals surface area contributed by atoms with Crippen LogP contribution in [0.2, 0.25) is 0 Å². The van der Waals surface area contributed by atoms with Gasteiger partial charge in [-0.2, -0.15) is 0 Å². The zero-order chi connectivity index (χ0) is 25.5. The number of amides is 1. The Bertz CT molecular complexity index is 1280. The molecule has 10 heteroatoms. The number of nitrogens with zero attached hydrogens (tertiary/aromatic N) is 3. The Morgan fingerprint density at radius 3 is 2.54 bits per heavy atom. The molecule has 1 aromatic carbocycles. The molecule has 0 bridgehead atoms. The molecule has 1 saturated heterocycles. The largest absolute Gasteiger partial charge is 0.465 e. The van der Waals surface area contributed by atoms with Gasteiger partial charge in [-0.05, 0) is 57.5 Å². The number of hydrogen-bond donors (Lipinski definition) is 1. The topological polar surface area (TPSA) is 93.4 Å². The van der Waals surface area contributed by atoms with Crippen LogP contribution >= 0.6 is 0 Å². The number of hydrogen-bond acceptors (Lipinski definition) is 5. The van der Waals surface area contributed by atoms with Crippen LogP contribution in [0.1, 0.15) is 42.4 Å². The van der Waals surface area contributed by atoms with Crippen molar-refractivity contribution >= 4 is 17.7 Å². The second kappa shape index (κ2) is 9.26. The summed E-state index contributed by atoms with van der Waals surface area (Å²) in [6.07, 6.45) is 0.351. The summed E-state index contributed by atoms with van der Waals surface area (Å²) in [7, 11) is 0. The molecule has 3 heterocycles. The van der Waals surface area contributed by atoms with E-state index in [0.29, 0.717) is 11.3 Å². The van der Waals surface area contributed by atoms with Crippen LogP contribution in [0.3, 0.4) is 0 Å². The van der Waals surface area contributed by atoms with Gasteiger partial charge in [0, 0.05) is 19.2 Å². The van der Waals surface area contributed by atoms with E-state index in [0.717, 1.165) is 17.7 Å². The normalized spacial score (nSPS) is 16.5. The van der Waals surface area contributed by atoms with Crippen molar-refractivity contribution in [2.45, 2.75) is 45.8 Å². The van der Waals surface area contributed by atoms with Crippen molar-refractivity contribution in [3.05, 3.63) is 58.9 Å². The quantitative estimate of drug-likeness (QED) is 0.546. The van der Waals surface area contributed by atoms with Gasteiger partial charge in [0.05, 0.1) is 41.8 Å². The molecule has 1 aliphatic heterocycles. The molecule has 0 radical (unpaired) electrons. The highest BCUT2D eigenvalue weighted by Crippen LogP contribution is 2.32. The fourth-order valence-corrected chi connectivity index (χ4v) is 4.08. The zero-order valence-electron chi connectivity index (χ0n) is 20.0. The number of imidazole rings is 1. The smallest absolute Gasteiger partial charge is 0.407 e. The van der Waals surface area contributed by atoms with Crippen LogP contribution < -0.4 is 0 Å². The first-order valence-corrected chi connectivity index (χ1v) is 11.2. The predicted molar refractivity (Wildman–Crippen MR) is 123 cm³/mol. The summed E-state index contributed by atoms with van der Waals surface area (Å²) in [5.41, 5.74) is 0.493. The van der Waals surface area contributed by atoms with E-state index in [2.05, 4.69) is 4.98 Å². The molecule has 1 aliphatic rings. The molecule has 1 amide bonds. The second-order valence-electron chi connectivity index (χ2n) is 9.58. The van der Waals surface area contributed by atoms with Crippen LogP contribution in [0.15, 0.2) is 30.5 Å². The predicted octanol–water partition coefficient (Wildman–Crippen LogP) is 4.46. The number of carbonyl (C=O) groups is 2. The van der Waals surface area contributed by atoms with Crippen LogP contribution in [0.4, 0.5) is 13.6 Å².